The number of hydrogen-bond acceptors (Lipinski definition) is 3. The maximum absolute atomic E-state index is 5.29. The molecule has 1 saturated heterocycles. The number of hydrogen-bond donors (Lipinski definition) is 0. The molecule has 2 atom stereocenters. The first-order valence-electron chi connectivity index (χ1n) is 9.97. The van der Waals surface area contributed by atoms with E-state index in [0.717, 1.165) is 25.4 Å². The molecule has 0 radical (unpaired) electrons. The first-order chi connectivity index (χ1) is 13.7. The highest BCUT2D eigenvalue weighted by Gasteiger charge is 2.41. The molecule has 1 aliphatic heterocycles. The molecule has 1 fully saturated rings. The second-order valence-electron chi connectivity index (χ2n) is 7.53. The predicted molar refractivity (Wildman–Crippen MR) is 116 cm³/mol. The monoisotopic (exact) mass is 372 g/mol. The van der Waals surface area contributed by atoms with Gasteiger partial charge in [0.25, 0.3) is 0 Å². The van der Waals surface area contributed by atoms with Gasteiger partial charge in [0.2, 0.25) is 0 Å². The van der Waals surface area contributed by atoms with E-state index in [-0.39, 0.29) is 0 Å². The van der Waals surface area contributed by atoms with Gasteiger partial charge in [0, 0.05) is 31.4 Å². The van der Waals surface area contributed by atoms with Crippen LogP contribution < -0.4 is 9.64 Å². The maximum atomic E-state index is 5.29. The van der Waals surface area contributed by atoms with Crippen molar-refractivity contribution in [3.05, 3.63) is 96.1 Å². The van der Waals surface area contributed by atoms with Crippen LogP contribution in [-0.2, 0) is 13.1 Å². The summed E-state index contributed by atoms with van der Waals surface area (Å²) >= 11 is 0. The van der Waals surface area contributed by atoms with Crippen molar-refractivity contribution >= 4 is 5.69 Å². The van der Waals surface area contributed by atoms with E-state index in [0.29, 0.717) is 12.1 Å². The lowest BCUT2D eigenvalue weighted by atomic mass is 10.1. The number of rotatable bonds is 8. The lowest BCUT2D eigenvalue weighted by Gasteiger charge is -2.29. The second-order valence-corrected chi connectivity index (χ2v) is 7.53. The molecule has 0 spiro atoms. The zero-order valence-electron chi connectivity index (χ0n) is 16.7. The highest BCUT2D eigenvalue weighted by atomic mass is 16.5. The summed E-state index contributed by atoms with van der Waals surface area (Å²) in [5, 5.41) is 0. The van der Waals surface area contributed by atoms with Crippen molar-refractivity contribution in [3.8, 4) is 5.75 Å². The molecule has 0 aromatic heterocycles. The van der Waals surface area contributed by atoms with Gasteiger partial charge < -0.3 is 9.64 Å². The summed E-state index contributed by atoms with van der Waals surface area (Å²) in [6.45, 7) is 5.39. The van der Waals surface area contributed by atoms with Gasteiger partial charge in [-0.15, -0.1) is 0 Å². The Hall–Kier alpha value is -2.78. The van der Waals surface area contributed by atoms with Gasteiger partial charge in [0.05, 0.1) is 13.2 Å². The minimum Gasteiger partial charge on any atom is -0.497 e. The molecule has 0 saturated carbocycles. The summed E-state index contributed by atoms with van der Waals surface area (Å²) in [4.78, 5) is 5.08. The topological polar surface area (TPSA) is 15.5 Å². The molecule has 1 aliphatic rings. The van der Waals surface area contributed by atoms with Crippen molar-refractivity contribution in [2.75, 3.05) is 18.6 Å². The molecule has 4 rings (SSSR count). The van der Waals surface area contributed by atoms with Gasteiger partial charge in [-0.05, 0) is 42.3 Å². The molecule has 3 aromatic carbocycles. The molecule has 0 bridgehead atoms. The van der Waals surface area contributed by atoms with Crippen LogP contribution in [0.15, 0.2) is 84.9 Å². The minimum atomic E-state index is 0.461. The van der Waals surface area contributed by atoms with E-state index < -0.39 is 0 Å². The third-order valence-electron chi connectivity index (χ3n) is 5.64. The van der Waals surface area contributed by atoms with Gasteiger partial charge in [-0.3, -0.25) is 4.90 Å². The molecule has 144 valence electrons. The highest BCUT2D eigenvalue weighted by Crippen LogP contribution is 2.33. The molecule has 28 heavy (non-hydrogen) atoms. The van der Waals surface area contributed by atoms with E-state index in [1.807, 2.05) is 12.1 Å². The third-order valence-corrected chi connectivity index (χ3v) is 5.64. The zero-order chi connectivity index (χ0) is 19.3. The summed E-state index contributed by atoms with van der Waals surface area (Å²) < 4.78 is 5.29. The van der Waals surface area contributed by atoms with Gasteiger partial charge in [0.1, 0.15) is 5.75 Å². The number of methoxy groups -OCH3 is 1. The minimum absolute atomic E-state index is 0.461. The summed E-state index contributed by atoms with van der Waals surface area (Å²) in [6, 6.07) is 31.0. The zero-order valence-corrected chi connectivity index (χ0v) is 16.7. The molecule has 0 aliphatic carbocycles. The molecule has 1 heterocycles. The Bertz CT molecular complexity index is 823. The van der Waals surface area contributed by atoms with Gasteiger partial charge in [-0.1, -0.05) is 60.7 Å². The molecule has 0 amide bonds. The number of ether oxygens (including phenoxy) is 1. The van der Waals surface area contributed by atoms with Crippen molar-refractivity contribution in [3.63, 3.8) is 0 Å². The third kappa shape index (κ3) is 4.37. The van der Waals surface area contributed by atoms with Crippen LogP contribution in [0.5, 0.6) is 5.75 Å². The lowest BCUT2D eigenvalue weighted by molar-refractivity contribution is 0.190. The Morgan fingerprint density at radius 2 is 1.39 bits per heavy atom. The van der Waals surface area contributed by atoms with E-state index in [1.165, 1.54) is 16.8 Å². The van der Waals surface area contributed by atoms with E-state index in [4.69, 9.17) is 4.74 Å². The molecule has 3 heteroatoms. The summed E-state index contributed by atoms with van der Waals surface area (Å²) in [5.74, 6) is 0.907. The molecule has 3 aromatic rings. The Labute approximate surface area is 168 Å². The average Bonchev–Trinajstić information content (AvgIpc) is 3.55. The van der Waals surface area contributed by atoms with Crippen molar-refractivity contribution in [2.24, 2.45) is 0 Å². The van der Waals surface area contributed by atoms with E-state index in [1.54, 1.807) is 7.11 Å². The molecule has 3 nitrogen and oxygen atoms in total. The van der Waals surface area contributed by atoms with Crippen molar-refractivity contribution in [1.29, 1.82) is 0 Å². The largest absolute Gasteiger partial charge is 0.497 e. The average molecular weight is 373 g/mol. The van der Waals surface area contributed by atoms with Crippen LogP contribution in [-0.4, -0.2) is 30.6 Å². The number of benzene rings is 3. The standard InChI is InChI=1S/C25H28N2O/c1-20(25-19-27(25)23-13-15-24(28-2)16-14-23)26(17-21-9-5-3-6-10-21)18-22-11-7-4-8-12-22/h3-16,20,25H,17-19H2,1-2H3/t20-,25+,27?/m0/s1. The van der Waals surface area contributed by atoms with Crippen LogP contribution in [0.25, 0.3) is 0 Å². The fourth-order valence-electron chi connectivity index (χ4n) is 3.86. The fraction of sp³-hybridized carbons (Fsp3) is 0.280. The van der Waals surface area contributed by atoms with Crippen LogP contribution >= 0.6 is 0 Å². The highest BCUT2D eigenvalue weighted by molar-refractivity contribution is 5.56. The van der Waals surface area contributed by atoms with E-state index in [9.17, 15) is 0 Å². The number of nitrogens with zero attached hydrogens (tertiary/aromatic N) is 2. The van der Waals surface area contributed by atoms with Crippen molar-refractivity contribution < 1.29 is 4.74 Å². The van der Waals surface area contributed by atoms with Crippen LogP contribution in [0.3, 0.4) is 0 Å². The molecule has 0 unspecified atom stereocenters. The Morgan fingerprint density at radius 3 is 1.89 bits per heavy atom. The summed E-state index contributed by atoms with van der Waals surface area (Å²) in [7, 11) is 1.71. The second kappa shape index (κ2) is 8.49. The Kier molecular flexibility index (Phi) is 5.63. The van der Waals surface area contributed by atoms with Gasteiger partial charge >= 0.3 is 0 Å². The molecular weight excluding hydrogens is 344 g/mol. The van der Waals surface area contributed by atoms with Crippen molar-refractivity contribution in [1.82, 2.24) is 4.90 Å². The first kappa shape index (κ1) is 18.6. The predicted octanol–water partition coefficient (Wildman–Crippen LogP) is 4.97. The van der Waals surface area contributed by atoms with Gasteiger partial charge in [-0.25, -0.2) is 0 Å². The molecular formula is C25H28N2O. The summed E-state index contributed by atoms with van der Waals surface area (Å²) in [5.41, 5.74) is 4.00. The van der Waals surface area contributed by atoms with Crippen LogP contribution in [0, 0.1) is 0 Å². The first-order valence-corrected chi connectivity index (χ1v) is 9.97. The van der Waals surface area contributed by atoms with Gasteiger partial charge in [0.15, 0.2) is 0 Å². The lowest BCUT2D eigenvalue weighted by Crippen LogP contribution is -2.37. The smallest absolute Gasteiger partial charge is 0.119 e. The Morgan fingerprint density at radius 1 is 0.857 bits per heavy atom. The van der Waals surface area contributed by atoms with Crippen LogP contribution in [0.4, 0.5) is 5.69 Å². The van der Waals surface area contributed by atoms with Crippen molar-refractivity contribution in [2.45, 2.75) is 32.1 Å². The Balaban J connectivity index is 1.48. The SMILES string of the molecule is COc1ccc(N2C[C@@H]2[C@H](C)N(Cc2ccccc2)Cc2ccccc2)cc1. The van der Waals surface area contributed by atoms with E-state index in [2.05, 4.69) is 89.5 Å². The normalized spacial score (nSPS) is 16.8. The van der Waals surface area contributed by atoms with E-state index >= 15 is 0 Å². The quantitative estimate of drug-likeness (QED) is 0.519. The van der Waals surface area contributed by atoms with Gasteiger partial charge in [-0.2, -0.15) is 0 Å². The summed E-state index contributed by atoms with van der Waals surface area (Å²) in [6.07, 6.45) is 0. The van der Waals surface area contributed by atoms with Crippen LogP contribution in [0.1, 0.15) is 18.1 Å². The van der Waals surface area contributed by atoms with Crippen LogP contribution in [0.2, 0.25) is 0 Å². The fourth-order valence-corrected chi connectivity index (χ4v) is 3.86. The maximum Gasteiger partial charge on any atom is 0.119 e. The molecule has 0 N–H and O–H groups in total. The number of anilines is 1.